The Morgan fingerprint density at radius 1 is 1.14 bits per heavy atom. The lowest BCUT2D eigenvalue weighted by Gasteiger charge is -2.35. The molecule has 1 amide bonds. The summed E-state index contributed by atoms with van der Waals surface area (Å²) in [6, 6.07) is 7.84. The quantitative estimate of drug-likeness (QED) is 0.759. The second-order valence-corrected chi connectivity index (χ2v) is 6.71. The van der Waals surface area contributed by atoms with Crippen molar-refractivity contribution in [1.82, 2.24) is 20.2 Å². The molecule has 2 aliphatic heterocycles. The highest BCUT2D eigenvalue weighted by molar-refractivity contribution is 5.92. The first-order chi connectivity index (χ1) is 13.7. The summed E-state index contributed by atoms with van der Waals surface area (Å²) in [5.74, 6) is 2.19. The minimum absolute atomic E-state index is 0.218. The van der Waals surface area contributed by atoms with Crippen LogP contribution in [0.4, 0.5) is 5.82 Å². The number of hydrogen-bond donors (Lipinski definition) is 1. The van der Waals surface area contributed by atoms with E-state index in [0.717, 1.165) is 50.0 Å². The molecule has 8 nitrogen and oxygen atoms in total. The summed E-state index contributed by atoms with van der Waals surface area (Å²) < 4.78 is 10.8. The molecule has 2 aliphatic rings. The predicted octanol–water partition coefficient (Wildman–Crippen LogP) is 1.44. The Bertz CT molecular complexity index is 865. The molecule has 1 aromatic heterocycles. The number of piperazine rings is 1. The second kappa shape index (κ2) is 8.26. The second-order valence-electron chi connectivity index (χ2n) is 6.71. The fraction of sp³-hybridized carbons (Fsp3) is 0.350. The lowest BCUT2D eigenvalue weighted by atomic mass is 10.1. The van der Waals surface area contributed by atoms with E-state index in [-0.39, 0.29) is 5.91 Å². The van der Waals surface area contributed by atoms with E-state index in [1.54, 1.807) is 12.1 Å². The van der Waals surface area contributed by atoms with Gasteiger partial charge in [-0.05, 0) is 17.7 Å². The smallest absolute Gasteiger partial charge is 0.270 e. The number of fused-ring (bicyclic) bond motifs is 1. The van der Waals surface area contributed by atoms with Crippen LogP contribution in [0, 0.1) is 0 Å². The Hall–Kier alpha value is -3.13. The van der Waals surface area contributed by atoms with Gasteiger partial charge in [0.1, 0.15) is 17.8 Å². The highest BCUT2D eigenvalue weighted by atomic mass is 16.7. The van der Waals surface area contributed by atoms with Crippen LogP contribution in [0.25, 0.3) is 0 Å². The minimum atomic E-state index is -0.218. The van der Waals surface area contributed by atoms with E-state index in [0.29, 0.717) is 19.0 Å². The Labute approximate surface area is 163 Å². The molecule has 8 heteroatoms. The number of rotatable bonds is 6. The molecular weight excluding hydrogens is 358 g/mol. The summed E-state index contributed by atoms with van der Waals surface area (Å²) in [5, 5.41) is 2.74. The van der Waals surface area contributed by atoms with Gasteiger partial charge in [0.15, 0.2) is 11.5 Å². The van der Waals surface area contributed by atoms with Gasteiger partial charge in [0.05, 0.1) is 0 Å². The number of ether oxygens (including phenoxy) is 2. The zero-order valence-electron chi connectivity index (χ0n) is 15.6. The largest absolute Gasteiger partial charge is 0.454 e. The van der Waals surface area contributed by atoms with Crippen molar-refractivity contribution in [2.75, 3.05) is 44.4 Å². The van der Waals surface area contributed by atoms with Gasteiger partial charge in [-0.2, -0.15) is 0 Å². The van der Waals surface area contributed by atoms with Gasteiger partial charge < -0.3 is 19.7 Å². The molecular formula is C20H23N5O3. The molecule has 0 spiro atoms. The van der Waals surface area contributed by atoms with Gasteiger partial charge in [0.2, 0.25) is 6.79 Å². The lowest BCUT2D eigenvalue weighted by Crippen LogP contribution is -2.46. The molecule has 0 aliphatic carbocycles. The van der Waals surface area contributed by atoms with Crippen molar-refractivity contribution in [2.24, 2.45) is 0 Å². The van der Waals surface area contributed by atoms with Crippen molar-refractivity contribution in [3.63, 3.8) is 0 Å². The molecule has 1 saturated heterocycles. The van der Waals surface area contributed by atoms with Gasteiger partial charge in [0, 0.05) is 45.3 Å². The van der Waals surface area contributed by atoms with Crippen LogP contribution in [-0.4, -0.2) is 60.3 Å². The van der Waals surface area contributed by atoms with E-state index in [4.69, 9.17) is 9.47 Å². The number of aromatic nitrogens is 2. The lowest BCUT2D eigenvalue weighted by molar-refractivity contribution is 0.0953. The third-order valence-electron chi connectivity index (χ3n) is 4.83. The highest BCUT2D eigenvalue weighted by Crippen LogP contribution is 2.32. The van der Waals surface area contributed by atoms with Gasteiger partial charge in [-0.1, -0.05) is 12.1 Å². The van der Waals surface area contributed by atoms with E-state index in [1.165, 1.54) is 11.9 Å². The number of nitrogens with zero attached hydrogens (tertiary/aromatic N) is 4. The fourth-order valence-corrected chi connectivity index (χ4v) is 3.33. The molecule has 0 unspecified atom stereocenters. The van der Waals surface area contributed by atoms with Gasteiger partial charge in [-0.3, -0.25) is 9.69 Å². The van der Waals surface area contributed by atoms with Crippen LogP contribution < -0.4 is 19.7 Å². The van der Waals surface area contributed by atoms with Crippen LogP contribution >= 0.6 is 0 Å². The van der Waals surface area contributed by atoms with Crippen molar-refractivity contribution in [1.29, 1.82) is 0 Å². The van der Waals surface area contributed by atoms with Gasteiger partial charge in [0.25, 0.3) is 5.91 Å². The summed E-state index contributed by atoms with van der Waals surface area (Å²) in [7, 11) is 0. The summed E-state index contributed by atoms with van der Waals surface area (Å²) in [6.07, 6.45) is 3.08. The molecule has 0 saturated carbocycles. The van der Waals surface area contributed by atoms with Gasteiger partial charge >= 0.3 is 0 Å². The first kappa shape index (κ1) is 18.2. The van der Waals surface area contributed by atoms with E-state index >= 15 is 0 Å². The van der Waals surface area contributed by atoms with Crippen molar-refractivity contribution >= 4 is 11.7 Å². The van der Waals surface area contributed by atoms with E-state index < -0.39 is 0 Å². The number of anilines is 1. The van der Waals surface area contributed by atoms with E-state index in [2.05, 4.69) is 37.7 Å². The molecule has 0 radical (unpaired) electrons. The predicted molar refractivity (Wildman–Crippen MR) is 105 cm³/mol. The average Bonchev–Trinajstić information content (AvgIpc) is 3.20. The van der Waals surface area contributed by atoms with Crippen LogP contribution in [0.3, 0.4) is 0 Å². The van der Waals surface area contributed by atoms with E-state index in [9.17, 15) is 4.79 Å². The molecule has 4 rings (SSSR count). The number of nitrogens with one attached hydrogen (secondary N) is 1. The van der Waals surface area contributed by atoms with Crippen LogP contribution in [0.2, 0.25) is 0 Å². The van der Waals surface area contributed by atoms with Crippen LogP contribution in [0.5, 0.6) is 11.5 Å². The molecule has 0 atom stereocenters. The van der Waals surface area contributed by atoms with Crippen LogP contribution in [0.1, 0.15) is 16.1 Å². The topological polar surface area (TPSA) is 79.8 Å². The van der Waals surface area contributed by atoms with Crippen LogP contribution in [-0.2, 0) is 6.54 Å². The first-order valence-electron chi connectivity index (χ1n) is 9.30. The number of benzene rings is 1. The highest BCUT2D eigenvalue weighted by Gasteiger charge is 2.20. The van der Waals surface area contributed by atoms with Crippen molar-refractivity contribution in [2.45, 2.75) is 6.54 Å². The van der Waals surface area contributed by atoms with Crippen molar-refractivity contribution in [3.05, 3.63) is 54.5 Å². The number of carbonyl (C=O) groups is 1. The van der Waals surface area contributed by atoms with Crippen molar-refractivity contribution < 1.29 is 14.3 Å². The molecule has 1 N–H and O–H groups in total. The fourth-order valence-electron chi connectivity index (χ4n) is 3.33. The summed E-state index contributed by atoms with van der Waals surface area (Å²) in [6.45, 7) is 8.68. The number of carbonyl (C=O) groups excluding carboxylic acids is 1. The first-order valence-corrected chi connectivity index (χ1v) is 9.30. The third kappa shape index (κ3) is 4.07. The standard InChI is InChI=1S/C20H23N5O3/c1-2-5-21-20(26)16-11-19(23-13-22-16)25-8-6-24(7-9-25)12-15-3-4-17-18(10-15)28-14-27-17/h2-4,10-11,13H,1,5-9,12,14H2,(H,21,26). The zero-order valence-corrected chi connectivity index (χ0v) is 15.6. The molecule has 0 bridgehead atoms. The molecule has 3 heterocycles. The number of amides is 1. The molecule has 2 aromatic rings. The zero-order chi connectivity index (χ0) is 19.3. The molecule has 28 heavy (non-hydrogen) atoms. The minimum Gasteiger partial charge on any atom is -0.454 e. The maximum absolute atomic E-state index is 12.1. The summed E-state index contributed by atoms with van der Waals surface area (Å²) in [4.78, 5) is 25.1. The maximum Gasteiger partial charge on any atom is 0.270 e. The van der Waals surface area contributed by atoms with Crippen molar-refractivity contribution in [3.8, 4) is 11.5 Å². The third-order valence-corrected chi connectivity index (χ3v) is 4.83. The summed E-state index contributed by atoms with van der Waals surface area (Å²) in [5.41, 5.74) is 1.58. The van der Waals surface area contributed by atoms with Crippen LogP contribution in [0.15, 0.2) is 43.2 Å². The monoisotopic (exact) mass is 381 g/mol. The number of hydrogen-bond acceptors (Lipinski definition) is 7. The average molecular weight is 381 g/mol. The Morgan fingerprint density at radius 2 is 1.96 bits per heavy atom. The Balaban J connectivity index is 1.34. The Kier molecular flexibility index (Phi) is 5.38. The van der Waals surface area contributed by atoms with Gasteiger partial charge in [-0.15, -0.1) is 6.58 Å². The van der Waals surface area contributed by atoms with E-state index in [1.807, 2.05) is 12.1 Å². The molecule has 1 aromatic carbocycles. The maximum atomic E-state index is 12.1. The summed E-state index contributed by atoms with van der Waals surface area (Å²) >= 11 is 0. The molecule has 1 fully saturated rings. The Morgan fingerprint density at radius 3 is 2.79 bits per heavy atom. The molecule has 146 valence electrons. The van der Waals surface area contributed by atoms with Gasteiger partial charge in [-0.25, -0.2) is 9.97 Å². The normalized spacial score (nSPS) is 16.1. The SMILES string of the molecule is C=CCNC(=O)c1cc(N2CCN(Cc3ccc4c(c3)OCO4)CC2)ncn1.